The maximum absolute atomic E-state index is 12.1. The molecular formula is C15H16N2O3S. The van der Waals surface area contributed by atoms with Crippen LogP contribution in [0.4, 0.5) is 5.69 Å². The van der Waals surface area contributed by atoms with Crippen LogP contribution in [0.15, 0.2) is 53.4 Å². The lowest BCUT2D eigenvalue weighted by atomic mass is 10.1. The van der Waals surface area contributed by atoms with Crippen LogP contribution in [-0.4, -0.2) is 20.6 Å². The molecule has 0 radical (unpaired) electrons. The number of hydrogen-bond acceptors (Lipinski definition) is 4. The van der Waals surface area contributed by atoms with E-state index < -0.39 is 9.84 Å². The first kappa shape index (κ1) is 15.2. The third kappa shape index (κ3) is 3.90. The van der Waals surface area contributed by atoms with E-state index in [1.54, 1.807) is 30.3 Å². The summed E-state index contributed by atoms with van der Waals surface area (Å²) in [6, 6.07) is 13.1. The Morgan fingerprint density at radius 2 is 1.81 bits per heavy atom. The van der Waals surface area contributed by atoms with Gasteiger partial charge in [0.15, 0.2) is 9.84 Å². The second-order valence-electron chi connectivity index (χ2n) is 4.66. The highest BCUT2D eigenvalue weighted by molar-refractivity contribution is 7.90. The van der Waals surface area contributed by atoms with E-state index in [-0.39, 0.29) is 10.8 Å². The predicted octanol–water partition coefficient (Wildman–Crippen LogP) is 1.80. The summed E-state index contributed by atoms with van der Waals surface area (Å²) in [5.41, 5.74) is 7.45. The van der Waals surface area contributed by atoms with Crippen molar-refractivity contribution in [2.75, 3.05) is 11.6 Å². The van der Waals surface area contributed by atoms with E-state index in [1.807, 2.05) is 6.07 Å². The van der Waals surface area contributed by atoms with Crippen LogP contribution < -0.4 is 11.1 Å². The molecule has 0 atom stereocenters. The summed E-state index contributed by atoms with van der Waals surface area (Å²) < 4.78 is 22.7. The largest absolute Gasteiger partial charge is 0.326 e. The van der Waals surface area contributed by atoms with Crippen LogP contribution >= 0.6 is 0 Å². The molecule has 21 heavy (non-hydrogen) atoms. The van der Waals surface area contributed by atoms with Gasteiger partial charge in [-0.25, -0.2) is 8.42 Å². The van der Waals surface area contributed by atoms with E-state index >= 15 is 0 Å². The topological polar surface area (TPSA) is 89.3 Å². The Morgan fingerprint density at radius 3 is 2.38 bits per heavy atom. The molecule has 2 aromatic rings. The van der Waals surface area contributed by atoms with E-state index in [1.165, 1.54) is 12.1 Å². The van der Waals surface area contributed by atoms with Crippen molar-refractivity contribution in [3.05, 3.63) is 59.7 Å². The Kier molecular flexibility index (Phi) is 4.40. The molecule has 0 aromatic heterocycles. The van der Waals surface area contributed by atoms with Crippen LogP contribution in [0.2, 0.25) is 0 Å². The molecule has 0 bridgehead atoms. The van der Waals surface area contributed by atoms with Crippen LogP contribution in [0, 0.1) is 0 Å². The van der Waals surface area contributed by atoms with Gasteiger partial charge in [-0.1, -0.05) is 12.1 Å². The number of benzene rings is 2. The normalized spacial score (nSPS) is 11.1. The van der Waals surface area contributed by atoms with Crippen LogP contribution in [0.5, 0.6) is 0 Å². The first-order valence-electron chi connectivity index (χ1n) is 6.30. The molecule has 1 amide bonds. The number of amides is 1. The van der Waals surface area contributed by atoms with Crippen molar-refractivity contribution >= 4 is 21.4 Å². The fraction of sp³-hybridized carbons (Fsp3) is 0.133. The van der Waals surface area contributed by atoms with Gasteiger partial charge in [0.2, 0.25) is 0 Å². The predicted molar refractivity (Wildman–Crippen MR) is 81.8 cm³/mol. The summed E-state index contributed by atoms with van der Waals surface area (Å²) in [6.07, 6.45) is 1.14. The first-order valence-corrected chi connectivity index (χ1v) is 8.20. The molecule has 0 unspecified atom stereocenters. The molecular weight excluding hydrogens is 288 g/mol. The summed E-state index contributed by atoms with van der Waals surface area (Å²) in [5.74, 6) is -0.266. The summed E-state index contributed by atoms with van der Waals surface area (Å²) in [4.78, 5) is 12.3. The zero-order chi connectivity index (χ0) is 15.5. The standard InChI is InChI=1S/C15H16N2O3S/c1-21(19,20)14-7-5-13(6-8-14)17-15(18)12-4-2-3-11(9-12)10-16/h2-9H,10,16H2,1H3,(H,17,18). The van der Waals surface area contributed by atoms with Gasteiger partial charge in [-0.2, -0.15) is 0 Å². The first-order chi connectivity index (χ1) is 9.90. The highest BCUT2D eigenvalue weighted by Crippen LogP contribution is 2.15. The third-order valence-electron chi connectivity index (χ3n) is 2.97. The van der Waals surface area contributed by atoms with Crippen molar-refractivity contribution in [3.63, 3.8) is 0 Å². The Bertz CT molecular complexity index is 753. The maximum atomic E-state index is 12.1. The molecule has 0 saturated heterocycles. The third-order valence-corrected chi connectivity index (χ3v) is 4.09. The summed E-state index contributed by atoms with van der Waals surface area (Å²) in [6.45, 7) is 0.365. The molecule has 5 nitrogen and oxygen atoms in total. The van der Waals surface area contributed by atoms with Crippen molar-refractivity contribution in [1.82, 2.24) is 0 Å². The average molecular weight is 304 g/mol. The quantitative estimate of drug-likeness (QED) is 0.901. The Labute approximate surface area is 123 Å². The van der Waals surface area contributed by atoms with Crippen LogP contribution in [-0.2, 0) is 16.4 Å². The number of anilines is 1. The Balaban J connectivity index is 2.16. The van der Waals surface area contributed by atoms with Crippen molar-refractivity contribution < 1.29 is 13.2 Å². The lowest BCUT2D eigenvalue weighted by Crippen LogP contribution is -2.12. The molecule has 2 rings (SSSR count). The van der Waals surface area contributed by atoms with Gasteiger partial charge >= 0.3 is 0 Å². The zero-order valence-electron chi connectivity index (χ0n) is 11.5. The Morgan fingerprint density at radius 1 is 1.14 bits per heavy atom. The number of nitrogens with one attached hydrogen (secondary N) is 1. The number of nitrogens with two attached hydrogens (primary N) is 1. The van der Waals surface area contributed by atoms with Crippen molar-refractivity contribution in [2.45, 2.75) is 11.4 Å². The van der Waals surface area contributed by atoms with Gasteiger partial charge in [0.25, 0.3) is 5.91 Å². The van der Waals surface area contributed by atoms with E-state index in [9.17, 15) is 13.2 Å². The number of rotatable bonds is 4. The van der Waals surface area contributed by atoms with Gasteiger partial charge in [-0.05, 0) is 42.0 Å². The minimum atomic E-state index is -3.24. The highest BCUT2D eigenvalue weighted by Gasteiger charge is 2.09. The molecule has 6 heteroatoms. The monoisotopic (exact) mass is 304 g/mol. The van der Waals surface area contributed by atoms with Crippen LogP contribution in [0.1, 0.15) is 15.9 Å². The summed E-state index contributed by atoms with van der Waals surface area (Å²) in [7, 11) is -3.24. The van der Waals surface area contributed by atoms with Gasteiger partial charge in [0, 0.05) is 24.1 Å². The lowest BCUT2D eigenvalue weighted by Gasteiger charge is -2.07. The SMILES string of the molecule is CS(=O)(=O)c1ccc(NC(=O)c2cccc(CN)c2)cc1. The van der Waals surface area contributed by atoms with Gasteiger partial charge < -0.3 is 11.1 Å². The fourth-order valence-corrected chi connectivity index (χ4v) is 2.46. The van der Waals surface area contributed by atoms with E-state index in [0.29, 0.717) is 17.8 Å². The molecule has 0 aliphatic heterocycles. The summed E-state index contributed by atoms with van der Waals surface area (Å²) >= 11 is 0. The highest BCUT2D eigenvalue weighted by atomic mass is 32.2. The van der Waals surface area contributed by atoms with Gasteiger partial charge in [-0.3, -0.25) is 4.79 Å². The fourth-order valence-electron chi connectivity index (χ4n) is 1.83. The molecule has 0 aliphatic carbocycles. The van der Waals surface area contributed by atoms with Crippen LogP contribution in [0.3, 0.4) is 0 Å². The van der Waals surface area contributed by atoms with Gasteiger partial charge in [0.1, 0.15) is 0 Å². The average Bonchev–Trinajstić information content (AvgIpc) is 2.47. The number of sulfone groups is 1. The molecule has 0 heterocycles. The molecule has 0 spiro atoms. The molecule has 2 aromatic carbocycles. The minimum absolute atomic E-state index is 0.214. The second-order valence-corrected chi connectivity index (χ2v) is 6.67. The molecule has 0 aliphatic rings. The smallest absolute Gasteiger partial charge is 0.255 e. The second kappa shape index (κ2) is 6.07. The molecule has 3 N–H and O–H groups in total. The van der Waals surface area contributed by atoms with Crippen molar-refractivity contribution in [1.29, 1.82) is 0 Å². The van der Waals surface area contributed by atoms with Crippen molar-refractivity contribution in [2.24, 2.45) is 5.73 Å². The Hall–Kier alpha value is -2.18. The van der Waals surface area contributed by atoms with Gasteiger partial charge in [-0.15, -0.1) is 0 Å². The van der Waals surface area contributed by atoms with Crippen molar-refractivity contribution in [3.8, 4) is 0 Å². The number of hydrogen-bond donors (Lipinski definition) is 2. The van der Waals surface area contributed by atoms with E-state index in [2.05, 4.69) is 5.32 Å². The summed E-state index contributed by atoms with van der Waals surface area (Å²) in [5, 5.41) is 2.71. The number of carbonyl (C=O) groups is 1. The van der Waals surface area contributed by atoms with E-state index in [4.69, 9.17) is 5.73 Å². The lowest BCUT2D eigenvalue weighted by molar-refractivity contribution is 0.102. The number of carbonyl (C=O) groups excluding carboxylic acids is 1. The molecule has 110 valence electrons. The molecule has 0 fully saturated rings. The minimum Gasteiger partial charge on any atom is -0.326 e. The van der Waals surface area contributed by atoms with Crippen LogP contribution in [0.25, 0.3) is 0 Å². The van der Waals surface area contributed by atoms with Gasteiger partial charge in [0.05, 0.1) is 4.90 Å². The zero-order valence-corrected chi connectivity index (χ0v) is 12.4. The molecule has 0 saturated carbocycles. The van der Waals surface area contributed by atoms with E-state index in [0.717, 1.165) is 11.8 Å². The maximum Gasteiger partial charge on any atom is 0.255 e.